The number of nitrogens with zero attached hydrogens (tertiary/aromatic N) is 5. The number of benzene rings is 2. The number of urea groups is 1. The van der Waals surface area contributed by atoms with Gasteiger partial charge in [-0.25, -0.2) is 18.2 Å². The lowest BCUT2D eigenvalue weighted by atomic mass is 9.83. The van der Waals surface area contributed by atoms with Crippen molar-refractivity contribution in [3.63, 3.8) is 0 Å². The average Bonchev–Trinajstić information content (AvgIpc) is 3.39. The van der Waals surface area contributed by atoms with Gasteiger partial charge in [-0.2, -0.15) is 9.57 Å². The van der Waals surface area contributed by atoms with Gasteiger partial charge in [0.25, 0.3) is 15.9 Å². The number of methoxy groups -OCH3 is 1. The molecule has 6 rings (SSSR count). The maximum absolute atomic E-state index is 15.2. The van der Waals surface area contributed by atoms with Gasteiger partial charge >= 0.3 is 6.03 Å². The number of piperidine rings is 1. The van der Waals surface area contributed by atoms with Crippen LogP contribution in [0.5, 0.6) is 17.4 Å². The van der Waals surface area contributed by atoms with Crippen LogP contribution in [-0.4, -0.2) is 101 Å². The van der Waals surface area contributed by atoms with E-state index >= 15 is 4.79 Å². The van der Waals surface area contributed by atoms with Gasteiger partial charge in [-0.1, -0.05) is 0 Å². The molecule has 15 heteroatoms. The molecular weight excluding hydrogens is 662 g/mol. The fourth-order valence-corrected chi connectivity index (χ4v) is 8.55. The Morgan fingerprint density at radius 2 is 1.78 bits per heavy atom. The standard InChI is InChI=1S/C35H41N7O7S/c1-4-48-30-22-26(47-3)9-11-31(30)50(45,46)42-29-10-8-24(23-36)21-28(29)35(33(42)43,27-7-6-14-38-32(27)49-5-2)39-34(44)41-19-17-40(18-20-41)25-12-15-37-16-13-25/h6-11,14,21-22,25,37H,4-5,12-13,15-20H2,1-3H3,(H,39,44). The smallest absolute Gasteiger partial charge is 0.318 e. The molecule has 0 saturated carbocycles. The van der Waals surface area contributed by atoms with Crippen LogP contribution in [0, 0.1) is 11.3 Å². The number of amides is 3. The molecule has 14 nitrogen and oxygen atoms in total. The highest BCUT2D eigenvalue weighted by atomic mass is 32.2. The zero-order valence-corrected chi connectivity index (χ0v) is 29.2. The topological polar surface area (TPSA) is 166 Å². The van der Waals surface area contributed by atoms with Crippen LogP contribution >= 0.6 is 0 Å². The summed E-state index contributed by atoms with van der Waals surface area (Å²) in [6, 6.07) is 13.6. The van der Waals surface area contributed by atoms with Crippen molar-refractivity contribution < 1.29 is 32.2 Å². The Labute approximate surface area is 292 Å². The normalized spacial score (nSPS) is 19.8. The van der Waals surface area contributed by atoms with Crippen molar-refractivity contribution in [3.8, 4) is 23.4 Å². The Kier molecular flexibility index (Phi) is 10.1. The summed E-state index contributed by atoms with van der Waals surface area (Å²) in [4.78, 5) is 37.6. The Bertz CT molecular complexity index is 1900. The fourth-order valence-electron chi connectivity index (χ4n) is 6.97. The highest BCUT2D eigenvalue weighted by Gasteiger charge is 2.59. The number of nitriles is 1. The molecule has 4 heterocycles. The molecule has 3 amide bonds. The predicted octanol–water partition coefficient (Wildman–Crippen LogP) is 2.82. The number of anilines is 1. The van der Waals surface area contributed by atoms with E-state index in [1.54, 1.807) is 30.9 Å². The summed E-state index contributed by atoms with van der Waals surface area (Å²) in [7, 11) is -3.26. The third-order valence-electron chi connectivity index (χ3n) is 9.40. The number of pyridine rings is 1. The minimum atomic E-state index is -4.70. The van der Waals surface area contributed by atoms with Gasteiger partial charge in [-0.15, -0.1) is 0 Å². The quantitative estimate of drug-likeness (QED) is 0.319. The number of piperazine rings is 1. The van der Waals surface area contributed by atoms with E-state index < -0.39 is 27.5 Å². The molecule has 2 saturated heterocycles. The molecule has 2 N–H and O–H groups in total. The highest BCUT2D eigenvalue weighted by Crippen LogP contribution is 2.50. The van der Waals surface area contributed by atoms with Crippen molar-refractivity contribution in [3.05, 3.63) is 71.4 Å². The predicted molar refractivity (Wildman–Crippen MR) is 184 cm³/mol. The van der Waals surface area contributed by atoms with Crippen molar-refractivity contribution >= 4 is 27.6 Å². The minimum Gasteiger partial charge on any atom is -0.497 e. The number of carbonyl (C=O) groups excluding carboxylic acids is 2. The third kappa shape index (κ3) is 6.19. The molecule has 1 atom stereocenters. The second kappa shape index (κ2) is 14.5. The highest BCUT2D eigenvalue weighted by molar-refractivity contribution is 7.93. The van der Waals surface area contributed by atoms with Gasteiger partial charge in [0.05, 0.1) is 43.2 Å². The van der Waals surface area contributed by atoms with Crippen molar-refractivity contribution in [1.82, 2.24) is 25.4 Å². The van der Waals surface area contributed by atoms with Crippen LogP contribution in [0.15, 0.2) is 59.6 Å². The molecule has 3 aromatic rings. The monoisotopic (exact) mass is 703 g/mol. The van der Waals surface area contributed by atoms with Gasteiger partial charge in [0.15, 0.2) is 5.54 Å². The molecule has 1 unspecified atom stereocenters. The van der Waals surface area contributed by atoms with Gasteiger partial charge in [-0.05, 0) is 82.2 Å². The fraction of sp³-hybridized carbons (Fsp3) is 0.429. The number of hydrogen-bond donors (Lipinski definition) is 2. The van der Waals surface area contributed by atoms with Crippen molar-refractivity contribution in [1.29, 1.82) is 5.26 Å². The molecule has 2 fully saturated rings. The summed E-state index contributed by atoms with van der Waals surface area (Å²) >= 11 is 0. The Morgan fingerprint density at radius 3 is 2.46 bits per heavy atom. The molecular formula is C35H41N7O7S. The van der Waals surface area contributed by atoms with Gasteiger partial charge < -0.3 is 29.7 Å². The second-order valence-corrected chi connectivity index (χ2v) is 13.9. The lowest BCUT2D eigenvalue weighted by Crippen LogP contribution is -2.61. The van der Waals surface area contributed by atoms with Crippen molar-refractivity contribution in [2.45, 2.75) is 43.2 Å². The summed E-state index contributed by atoms with van der Waals surface area (Å²) < 4.78 is 47.0. The third-order valence-corrected chi connectivity index (χ3v) is 11.1. The largest absolute Gasteiger partial charge is 0.497 e. The van der Waals surface area contributed by atoms with Crippen molar-refractivity contribution in [2.75, 3.05) is 63.9 Å². The summed E-state index contributed by atoms with van der Waals surface area (Å²) in [6.45, 7) is 7.81. The SMILES string of the molecule is CCOc1cc(OC)ccc1S(=O)(=O)N1C(=O)C(NC(=O)N2CCN(C3CCNCC3)CC2)(c2cccnc2OCC)c2cc(C#N)ccc21. The van der Waals surface area contributed by atoms with Gasteiger partial charge in [0, 0.05) is 50.0 Å². The van der Waals surface area contributed by atoms with E-state index in [2.05, 4.69) is 26.6 Å². The molecule has 0 bridgehead atoms. The van der Waals surface area contributed by atoms with Crippen LogP contribution in [0.2, 0.25) is 0 Å². The first-order valence-corrected chi connectivity index (χ1v) is 18.2. The Morgan fingerprint density at radius 1 is 1.04 bits per heavy atom. The number of rotatable bonds is 10. The lowest BCUT2D eigenvalue weighted by molar-refractivity contribution is -0.121. The molecule has 0 spiro atoms. The van der Waals surface area contributed by atoms with E-state index in [9.17, 15) is 18.5 Å². The minimum absolute atomic E-state index is 0.0145. The zero-order valence-electron chi connectivity index (χ0n) is 28.3. The van der Waals surface area contributed by atoms with E-state index in [0.29, 0.717) is 42.3 Å². The van der Waals surface area contributed by atoms with Crippen molar-refractivity contribution in [2.24, 2.45) is 0 Å². The molecule has 264 valence electrons. The molecule has 1 aromatic heterocycles. The number of ether oxygens (including phenoxy) is 3. The lowest BCUT2D eigenvalue weighted by Gasteiger charge is -2.41. The Hall–Kier alpha value is -4.91. The molecule has 0 radical (unpaired) electrons. The van der Waals surface area contributed by atoms with Crippen LogP contribution < -0.4 is 29.1 Å². The average molecular weight is 704 g/mol. The number of nitrogens with one attached hydrogen (secondary N) is 2. The van der Waals surface area contributed by atoms with Gasteiger partial charge in [-0.3, -0.25) is 9.69 Å². The zero-order chi connectivity index (χ0) is 35.5. The first-order valence-electron chi connectivity index (χ1n) is 16.7. The first-order chi connectivity index (χ1) is 24.2. The van der Waals surface area contributed by atoms with E-state index in [-0.39, 0.29) is 52.1 Å². The Balaban J connectivity index is 1.48. The van der Waals surface area contributed by atoms with Crippen LogP contribution in [0.4, 0.5) is 10.5 Å². The van der Waals surface area contributed by atoms with E-state index in [4.69, 9.17) is 14.2 Å². The van der Waals surface area contributed by atoms with E-state index in [1.807, 2.05) is 0 Å². The second-order valence-electron chi connectivity index (χ2n) is 12.1. The van der Waals surface area contributed by atoms with E-state index in [0.717, 1.165) is 25.9 Å². The number of hydrogen-bond acceptors (Lipinski definition) is 11. The van der Waals surface area contributed by atoms with Crippen LogP contribution in [0.3, 0.4) is 0 Å². The number of fused-ring (bicyclic) bond motifs is 1. The van der Waals surface area contributed by atoms with Gasteiger partial charge in [0.1, 0.15) is 16.4 Å². The van der Waals surface area contributed by atoms with E-state index in [1.165, 1.54) is 49.7 Å². The summed E-state index contributed by atoms with van der Waals surface area (Å²) in [5.41, 5.74) is -1.80. The summed E-state index contributed by atoms with van der Waals surface area (Å²) in [5.74, 6) is -0.611. The van der Waals surface area contributed by atoms with Gasteiger partial charge in [0.2, 0.25) is 5.88 Å². The molecule has 3 aliphatic heterocycles. The number of carbonyl (C=O) groups is 2. The molecule has 3 aliphatic rings. The van der Waals surface area contributed by atoms with Crippen LogP contribution in [-0.2, 0) is 20.4 Å². The molecule has 50 heavy (non-hydrogen) atoms. The maximum atomic E-state index is 15.2. The summed E-state index contributed by atoms with van der Waals surface area (Å²) in [6.07, 6.45) is 3.55. The number of sulfonamides is 1. The summed E-state index contributed by atoms with van der Waals surface area (Å²) in [5, 5.41) is 16.3. The first kappa shape index (κ1) is 34.9. The van der Waals surface area contributed by atoms with Crippen LogP contribution in [0.25, 0.3) is 0 Å². The van der Waals surface area contributed by atoms with Crippen LogP contribution in [0.1, 0.15) is 43.4 Å². The number of aromatic nitrogens is 1. The molecule has 0 aliphatic carbocycles. The maximum Gasteiger partial charge on any atom is 0.318 e. The molecule has 2 aromatic carbocycles.